The summed E-state index contributed by atoms with van der Waals surface area (Å²) in [5.41, 5.74) is 9.85. The van der Waals surface area contributed by atoms with E-state index in [-0.39, 0.29) is 0 Å². The van der Waals surface area contributed by atoms with Gasteiger partial charge in [-0.25, -0.2) is 9.97 Å². The fourth-order valence-corrected chi connectivity index (χ4v) is 3.49. The summed E-state index contributed by atoms with van der Waals surface area (Å²) in [4.78, 5) is 8.62. The van der Waals surface area contributed by atoms with Crippen LogP contribution in [-0.4, -0.2) is 15.1 Å². The third kappa shape index (κ3) is 4.35. The van der Waals surface area contributed by atoms with Crippen molar-refractivity contribution in [3.05, 3.63) is 89.9 Å². The van der Waals surface area contributed by atoms with Gasteiger partial charge in [-0.2, -0.15) is 0 Å². The van der Waals surface area contributed by atoms with Crippen LogP contribution in [0.1, 0.15) is 16.8 Å². The van der Waals surface area contributed by atoms with Crippen molar-refractivity contribution in [3.63, 3.8) is 0 Å². The molecule has 27 heavy (non-hydrogen) atoms. The van der Waals surface area contributed by atoms with Crippen molar-refractivity contribution in [2.24, 2.45) is 0 Å². The number of nitrogens with zero attached hydrogens (tertiary/aromatic N) is 3. The first kappa shape index (κ1) is 17.3. The maximum Gasteiger partial charge on any atom is 0.170 e. The third-order valence-corrected chi connectivity index (χ3v) is 5.09. The number of benzene rings is 1. The van der Waals surface area contributed by atoms with E-state index in [9.17, 15) is 0 Å². The number of hydrogen-bond donors (Lipinski definition) is 1. The highest BCUT2D eigenvalue weighted by Gasteiger charge is 2.11. The van der Waals surface area contributed by atoms with Gasteiger partial charge < -0.3 is 10.3 Å². The van der Waals surface area contributed by atoms with Crippen LogP contribution < -0.4 is 5.73 Å². The number of thioether (sulfide) groups is 1. The zero-order chi connectivity index (χ0) is 18.5. The first-order valence-corrected chi connectivity index (χ1v) is 9.54. The largest absolute Gasteiger partial charge is 0.383 e. The Kier molecular flexibility index (Phi) is 5.16. The van der Waals surface area contributed by atoms with Crippen molar-refractivity contribution >= 4 is 17.6 Å². The van der Waals surface area contributed by atoms with Crippen LogP contribution in [0.2, 0.25) is 0 Å². The summed E-state index contributed by atoms with van der Waals surface area (Å²) < 4.78 is 5.42. The molecule has 0 atom stereocenters. The van der Waals surface area contributed by atoms with Crippen molar-refractivity contribution in [1.29, 1.82) is 0 Å². The Morgan fingerprint density at radius 1 is 0.926 bits per heavy atom. The van der Waals surface area contributed by atoms with Gasteiger partial charge in [0.1, 0.15) is 5.82 Å². The van der Waals surface area contributed by atoms with Crippen LogP contribution in [0.3, 0.4) is 0 Å². The zero-order valence-corrected chi connectivity index (χ0v) is 15.4. The van der Waals surface area contributed by atoms with E-state index in [1.165, 1.54) is 5.56 Å². The molecule has 0 spiro atoms. The first-order chi connectivity index (χ1) is 13.3. The molecule has 0 saturated carbocycles. The Labute approximate surface area is 161 Å². The van der Waals surface area contributed by atoms with E-state index in [0.29, 0.717) is 18.0 Å². The molecule has 4 aromatic rings. The van der Waals surface area contributed by atoms with E-state index < -0.39 is 0 Å². The number of pyridine rings is 2. The van der Waals surface area contributed by atoms with E-state index in [4.69, 9.17) is 10.3 Å². The van der Waals surface area contributed by atoms with Gasteiger partial charge >= 0.3 is 0 Å². The lowest BCUT2D eigenvalue weighted by molar-refractivity contribution is 0.425. The molecule has 0 fully saturated rings. The van der Waals surface area contributed by atoms with Gasteiger partial charge in [-0.15, -0.1) is 11.8 Å². The lowest BCUT2D eigenvalue weighted by atomic mass is 10.1. The molecular weight excluding hydrogens is 356 g/mol. The van der Waals surface area contributed by atoms with Crippen LogP contribution in [0.25, 0.3) is 11.3 Å². The maximum atomic E-state index is 5.89. The van der Waals surface area contributed by atoms with E-state index in [1.807, 2.05) is 36.5 Å². The van der Waals surface area contributed by atoms with Gasteiger partial charge in [-0.05, 0) is 29.3 Å². The molecule has 5 nitrogen and oxygen atoms in total. The van der Waals surface area contributed by atoms with Gasteiger partial charge in [-0.3, -0.25) is 0 Å². The molecule has 0 amide bonds. The molecule has 6 heteroatoms. The molecule has 0 aliphatic heterocycles. The second kappa shape index (κ2) is 8.05. The summed E-state index contributed by atoms with van der Waals surface area (Å²) in [5, 5.41) is 5.14. The molecule has 0 unspecified atom stereocenters. The summed E-state index contributed by atoms with van der Waals surface area (Å²) in [6.07, 6.45) is 4.19. The monoisotopic (exact) mass is 374 g/mol. The van der Waals surface area contributed by atoms with E-state index in [0.717, 1.165) is 27.6 Å². The Hall–Kier alpha value is -3.12. The molecule has 4 rings (SSSR count). The zero-order valence-electron chi connectivity index (χ0n) is 14.6. The average Bonchev–Trinajstić information content (AvgIpc) is 3.17. The molecule has 1 aromatic carbocycles. The molecule has 0 saturated heterocycles. The standard InChI is InChI=1S/C21H18N4OS/c22-21-18(7-4-10-23-21)19-12-17(25-26-19)11-16-8-9-20(24-13-16)27-14-15-5-2-1-3-6-15/h1-10,12-13H,11,14H2,(H2,22,23). The van der Waals surface area contributed by atoms with Crippen LogP contribution in [0.4, 0.5) is 5.82 Å². The van der Waals surface area contributed by atoms with Crippen LogP contribution in [0, 0.1) is 0 Å². The summed E-state index contributed by atoms with van der Waals surface area (Å²) in [6, 6.07) is 20.1. The van der Waals surface area contributed by atoms with Gasteiger partial charge in [0.25, 0.3) is 0 Å². The molecule has 0 radical (unpaired) electrons. The van der Waals surface area contributed by atoms with Gasteiger partial charge in [0.15, 0.2) is 5.76 Å². The van der Waals surface area contributed by atoms with Crippen molar-refractivity contribution in [1.82, 2.24) is 15.1 Å². The molecule has 2 N–H and O–H groups in total. The summed E-state index contributed by atoms with van der Waals surface area (Å²) in [5.74, 6) is 1.96. The highest BCUT2D eigenvalue weighted by molar-refractivity contribution is 7.98. The van der Waals surface area contributed by atoms with Gasteiger partial charge in [0, 0.05) is 30.6 Å². The molecule has 0 aliphatic rings. The molecular formula is C21H18N4OS. The number of hydrogen-bond acceptors (Lipinski definition) is 6. The van der Waals surface area contributed by atoms with Crippen LogP contribution in [-0.2, 0) is 12.2 Å². The number of nitrogen functional groups attached to an aromatic ring is 1. The fraction of sp³-hybridized carbons (Fsp3) is 0.0952. The minimum Gasteiger partial charge on any atom is -0.383 e. The summed E-state index contributed by atoms with van der Waals surface area (Å²) in [7, 11) is 0. The maximum absolute atomic E-state index is 5.89. The number of anilines is 1. The lowest BCUT2D eigenvalue weighted by Gasteiger charge is -2.02. The van der Waals surface area contributed by atoms with Crippen LogP contribution in [0.15, 0.2) is 82.6 Å². The fourth-order valence-electron chi connectivity index (χ4n) is 2.69. The Morgan fingerprint density at radius 2 is 1.81 bits per heavy atom. The minimum absolute atomic E-state index is 0.432. The highest BCUT2D eigenvalue weighted by Crippen LogP contribution is 2.26. The predicted octanol–water partition coefficient (Wildman–Crippen LogP) is 4.60. The van der Waals surface area contributed by atoms with Gasteiger partial charge in [0.2, 0.25) is 0 Å². The van der Waals surface area contributed by atoms with E-state index >= 15 is 0 Å². The second-order valence-electron chi connectivity index (χ2n) is 6.07. The molecule has 0 bridgehead atoms. The van der Waals surface area contributed by atoms with Crippen molar-refractivity contribution < 1.29 is 4.52 Å². The summed E-state index contributed by atoms with van der Waals surface area (Å²) in [6.45, 7) is 0. The SMILES string of the molecule is Nc1ncccc1-c1cc(Cc2ccc(SCc3ccccc3)nc2)no1. The minimum atomic E-state index is 0.432. The summed E-state index contributed by atoms with van der Waals surface area (Å²) >= 11 is 1.73. The van der Waals surface area contributed by atoms with Crippen molar-refractivity contribution in [3.8, 4) is 11.3 Å². The predicted molar refractivity (Wildman–Crippen MR) is 107 cm³/mol. The number of nitrogens with two attached hydrogens (primary N) is 1. The van der Waals surface area contributed by atoms with Crippen molar-refractivity contribution in [2.75, 3.05) is 5.73 Å². The van der Waals surface area contributed by atoms with Crippen LogP contribution >= 0.6 is 11.8 Å². The number of aromatic nitrogens is 3. The smallest absolute Gasteiger partial charge is 0.170 e. The van der Waals surface area contributed by atoms with E-state index in [2.05, 4.69) is 45.5 Å². The van der Waals surface area contributed by atoms with Gasteiger partial charge in [-0.1, -0.05) is 41.6 Å². The van der Waals surface area contributed by atoms with Crippen molar-refractivity contribution in [2.45, 2.75) is 17.2 Å². The first-order valence-electron chi connectivity index (χ1n) is 8.56. The Morgan fingerprint density at radius 3 is 2.59 bits per heavy atom. The Balaban J connectivity index is 1.39. The third-order valence-electron chi connectivity index (χ3n) is 4.08. The quantitative estimate of drug-likeness (QED) is 0.497. The number of rotatable bonds is 6. The van der Waals surface area contributed by atoms with Gasteiger partial charge in [0.05, 0.1) is 16.3 Å². The normalized spacial score (nSPS) is 10.8. The topological polar surface area (TPSA) is 77.8 Å². The lowest BCUT2D eigenvalue weighted by Crippen LogP contribution is -1.92. The van der Waals surface area contributed by atoms with E-state index in [1.54, 1.807) is 18.0 Å². The molecule has 3 aromatic heterocycles. The molecule has 0 aliphatic carbocycles. The van der Waals surface area contributed by atoms with Crippen LogP contribution in [0.5, 0.6) is 0 Å². The average molecular weight is 374 g/mol. The molecule has 3 heterocycles. The molecule has 134 valence electrons. The second-order valence-corrected chi connectivity index (χ2v) is 7.07. The highest BCUT2D eigenvalue weighted by atomic mass is 32.2. The Bertz CT molecular complexity index is 1020.